The van der Waals surface area contributed by atoms with E-state index in [4.69, 9.17) is 19.7 Å². The summed E-state index contributed by atoms with van der Waals surface area (Å²) >= 11 is 1.52. The number of ether oxygens (including phenoxy) is 1. The molecule has 4 aromatic rings. The van der Waals surface area contributed by atoms with E-state index in [9.17, 15) is 23.0 Å². The number of rotatable bonds is 8. The molecule has 0 amide bonds. The topological polar surface area (TPSA) is 159 Å². The van der Waals surface area contributed by atoms with E-state index in [1.54, 1.807) is 0 Å². The first kappa shape index (κ1) is 29.1. The highest BCUT2D eigenvalue weighted by atomic mass is 32.2. The zero-order chi connectivity index (χ0) is 31.1. The minimum absolute atomic E-state index is 0.0503. The van der Waals surface area contributed by atoms with Crippen molar-refractivity contribution in [3.8, 4) is 10.6 Å². The third-order valence-electron chi connectivity index (χ3n) is 9.56. The molecule has 45 heavy (non-hydrogen) atoms. The molecule has 11 nitrogen and oxygen atoms in total. The molecule has 236 valence electrons. The van der Waals surface area contributed by atoms with E-state index in [1.807, 2.05) is 19.2 Å². The number of pyridine rings is 1. The van der Waals surface area contributed by atoms with Gasteiger partial charge in [0, 0.05) is 24.6 Å². The molecule has 8 rings (SSSR count). The Balaban J connectivity index is 1.12. The molecule has 14 heteroatoms. The lowest BCUT2D eigenvalue weighted by atomic mass is 10.1. The lowest BCUT2D eigenvalue weighted by Crippen LogP contribution is -2.43. The van der Waals surface area contributed by atoms with Gasteiger partial charge in [-0.1, -0.05) is 0 Å². The number of hydrogen-bond donors (Lipinski definition) is 4. The van der Waals surface area contributed by atoms with Crippen LogP contribution in [0.4, 0.5) is 16.2 Å². The first-order valence-electron chi connectivity index (χ1n) is 15.3. The molecular formula is C31H33FN6O5S2. The van der Waals surface area contributed by atoms with E-state index in [-0.39, 0.29) is 17.4 Å². The number of benzene rings is 1. The SMILES string of the molecule is Cc1nc(NC2CCCOC2)nc(N[C@@H]2C[C@@H]3C(S(=O)(=O)c4ccc(F)cc4)[C@]3(O)[C@H]2O)c1-c1nc2c(C3CC3)nccc2s1. The fourth-order valence-corrected chi connectivity index (χ4v) is 10.4. The van der Waals surface area contributed by atoms with Gasteiger partial charge in [0.05, 0.1) is 45.2 Å². The highest BCUT2D eigenvalue weighted by Gasteiger charge is 2.78. The van der Waals surface area contributed by atoms with Gasteiger partial charge < -0.3 is 25.6 Å². The van der Waals surface area contributed by atoms with Crippen molar-refractivity contribution in [2.45, 2.75) is 78.9 Å². The van der Waals surface area contributed by atoms with Gasteiger partial charge in [-0.25, -0.2) is 22.8 Å². The summed E-state index contributed by atoms with van der Waals surface area (Å²) in [6.45, 7) is 3.15. The minimum atomic E-state index is -4.00. The molecule has 2 unspecified atom stereocenters. The molecule has 3 saturated carbocycles. The average Bonchev–Trinajstić information content (AvgIpc) is 3.89. The highest BCUT2D eigenvalue weighted by Crippen LogP contribution is 2.61. The fraction of sp³-hybridized carbons (Fsp3) is 0.484. The van der Waals surface area contributed by atoms with Crippen LogP contribution in [0, 0.1) is 18.7 Å². The molecule has 1 aliphatic heterocycles. The van der Waals surface area contributed by atoms with Gasteiger partial charge in [0.15, 0.2) is 9.84 Å². The first-order valence-corrected chi connectivity index (χ1v) is 17.7. The molecule has 4 aliphatic rings. The summed E-state index contributed by atoms with van der Waals surface area (Å²) in [6, 6.07) is 5.85. The number of anilines is 2. The standard InChI is InChI=1S/C31H33FN6O5S2/c1-15-23(29-37-25-22(44-29)10-11-33-24(25)16-4-5-16)28(38-30(34-15)35-18-3-2-12-43-14-18)36-21-13-20-27(31(20,40)26(21)39)45(41,42)19-8-6-17(32)7-9-19/h6-11,16,18,20-21,26-27,39-40H,2-5,12-14H2,1H3,(H2,34,35,36,38)/t18?,20-,21-,26+,27?,31-/m1/s1. The second-order valence-electron chi connectivity index (χ2n) is 12.6. The van der Waals surface area contributed by atoms with Crippen LogP contribution in [0.1, 0.15) is 49.4 Å². The third-order valence-corrected chi connectivity index (χ3v) is 12.9. The Morgan fingerprint density at radius 3 is 2.58 bits per heavy atom. The Labute approximate surface area is 263 Å². The lowest BCUT2D eigenvalue weighted by Gasteiger charge is -2.27. The van der Waals surface area contributed by atoms with Gasteiger partial charge in [0.1, 0.15) is 39.1 Å². The smallest absolute Gasteiger partial charge is 0.225 e. The number of nitrogens with one attached hydrogen (secondary N) is 2. The zero-order valence-electron chi connectivity index (χ0n) is 24.5. The van der Waals surface area contributed by atoms with Crippen LogP contribution in [0.5, 0.6) is 0 Å². The van der Waals surface area contributed by atoms with Crippen LogP contribution in [0.25, 0.3) is 20.8 Å². The number of aryl methyl sites for hydroxylation is 1. The van der Waals surface area contributed by atoms with Crippen LogP contribution in [0.3, 0.4) is 0 Å². The number of aliphatic hydroxyl groups is 2. The summed E-state index contributed by atoms with van der Waals surface area (Å²) < 4.78 is 46.8. The Bertz CT molecular complexity index is 1900. The van der Waals surface area contributed by atoms with Gasteiger partial charge in [0.2, 0.25) is 5.95 Å². The van der Waals surface area contributed by atoms with Gasteiger partial charge in [-0.2, -0.15) is 4.98 Å². The van der Waals surface area contributed by atoms with Crippen molar-refractivity contribution in [3.63, 3.8) is 0 Å². The largest absolute Gasteiger partial charge is 0.388 e. The van der Waals surface area contributed by atoms with E-state index < -0.39 is 44.6 Å². The maximum absolute atomic E-state index is 13.5. The number of aromatic nitrogens is 4. The quantitative estimate of drug-likeness (QED) is 0.205. The molecule has 4 fully saturated rings. The number of halogens is 1. The van der Waals surface area contributed by atoms with Gasteiger partial charge >= 0.3 is 0 Å². The van der Waals surface area contributed by atoms with Crippen LogP contribution < -0.4 is 10.6 Å². The van der Waals surface area contributed by atoms with Crippen molar-refractivity contribution in [3.05, 3.63) is 53.7 Å². The Morgan fingerprint density at radius 2 is 1.89 bits per heavy atom. The van der Waals surface area contributed by atoms with Crippen molar-refractivity contribution < 1.29 is 27.8 Å². The summed E-state index contributed by atoms with van der Waals surface area (Å²) in [6.07, 6.45) is 4.66. The van der Waals surface area contributed by atoms with Crippen LogP contribution in [-0.2, 0) is 14.6 Å². The molecule has 0 spiro atoms. The molecule has 3 aromatic heterocycles. The van der Waals surface area contributed by atoms with Gasteiger partial charge in [-0.3, -0.25) is 4.98 Å². The number of sulfone groups is 1. The molecule has 1 aromatic carbocycles. The van der Waals surface area contributed by atoms with E-state index in [0.29, 0.717) is 40.6 Å². The molecule has 1 saturated heterocycles. The van der Waals surface area contributed by atoms with E-state index in [1.165, 1.54) is 23.5 Å². The Hall–Kier alpha value is -3.30. The second kappa shape index (κ2) is 10.6. The summed E-state index contributed by atoms with van der Waals surface area (Å²) in [5.41, 5.74) is 1.39. The van der Waals surface area contributed by atoms with Crippen LogP contribution in [-0.4, -0.2) is 80.8 Å². The highest BCUT2D eigenvalue weighted by molar-refractivity contribution is 7.92. The first-order chi connectivity index (χ1) is 21.6. The second-order valence-corrected chi connectivity index (χ2v) is 15.7. The predicted molar refractivity (Wildman–Crippen MR) is 166 cm³/mol. The van der Waals surface area contributed by atoms with E-state index in [2.05, 4.69) is 15.6 Å². The Morgan fingerprint density at radius 1 is 1.09 bits per heavy atom. The van der Waals surface area contributed by atoms with Crippen LogP contribution in [0.15, 0.2) is 41.4 Å². The molecule has 0 radical (unpaired) electrons. The zero-order valence-corrected chi connectivity index (χ0v) is 26.1. The molecule has 3 aliphatic carbocycles. The van der Waals surface area contributed by atoms with Gasteiger partial charge in [0.25, 0.3) is 0 Å². The molecule has 6 atom stereocenters. The van der Waals surface area contributed by atoms with Crippen molar-refractivity contribution >= 4 is 43.2 Å². The third kappa shape index (κ3) is 4.89. The molecule has 4 N–H and O–H groups in total. The normalized spacial score (nSPS) is 29.5. The summed E-state index contributed by atoms with van der Waals surface area (Å²) in [5.74, 6) is 0.0144. The number of nitrogens with zero attached hydrogens (tertiary/aromatic N) is 4. The fourth-order valence-electron chi connectivity index (χ4n) is 7.08. The number of fused-ring (bicyclic) bond motifs is 2. The van der Waals surface area contributed by atoms with Crippen molar-refractivity contribution in [2.24, 2.45) is 5.92 Å². The van der Waals surface area contributed by atoms with Gasteiger partial charge in [-0.05, 0) is 69.4 Å². The van der Waals surface area contributed by atoms with E-state index in [0.717, 1.165) is 60.3 Å². The predicted octanol–water partition coefficient (Wildman–Crippen LogP) is 3.81. The Kier molecular flexibility index (Phi) is 6.88. The summed E-state index contributed by atoms with van der Waals surface area (Å²) in [5, 5.41) is 29.1. The molecule has 4 heterocycles. The van der Waals surface area contributed by atoms with Crippen molar-refractivity contribution in [1.82, 2.24) is 19.9 Å². The van der Waals surface area contributed by atoms with E-state index >= 15 is 0 Å². The monoisotopic (exact) mass is 652 g/mol. The molecular weight excluding hydrogens is 620 g/mol. The average molecular weight is 653 g/mol. The maximum Gasteiger partial charge on any atom is 0.225 e. The van der Waals surface area contributed by atoms with Crippen LogP contribution in [0.2, 0.25) is 0 Å². The van der Waals surface area contributed by atoms with Gasteiger partial charge in [-0.15, -0.1) is 11.3 Å². The van der Waals surface area contributed by atoms with Crippen LogP contribution >= 0.6 is 11.3 Å². The maximum atomic E-state index is 13.5. The van der Waals surface area contributed by atoms with Crippen molar-refractivity contribution in [1.29, 1.82) is 0 Å². The minimum Gasteiger partial charge on any atom is -0.388 e. The van der Waals surface area contributed by atoms with Crippen molar-refractivity contribution in [2.75, 3.05) is 23.8 Å². The number of thiazole rings is 1. The lowest BCUT2D eigenvalue weighted by molar-refractivity contribution is 0.00553. The summed E-state index contributed by atoms with van der Waals surface area (Å²) in [4.78, 5) is 19.2. The number of aliphatic hydroxyl groups excluding tert-OH is 1. The molecule has 0 bridgehead atoms. The summed E-state index contributed by atoms with van der Waals surface area (Å²) in [7, 11) is -4.00. The number of hydrogen-bond acceptors (Lipinski definition) is 12.